The van der Waals surface area contributed by atoms with Crippen LogP contribution in [0.2, 0.25) is 0 Å². The van der Waals surface area contributed by atoms with E-state index in [9.17, 15) is 4.79 Å². The Morgan fingerprint density at radius 2 is 1.44 bits per heavy atom. The SMILES string of the molecule is COc1ccc(C(=O)C(c2ccccc2)c2ccccc2)c(CN(C)C)c1. The monoisotopic (exact) mass is 359 g/mol. The van der Waals surface area contributed by atoms with E-state index in [1.54, 1.807) is 7.11 Å². The molecular weight excluding hydrogens is 334 g/mol. The highest BCUT2D eigenvalue weighted by molar-refractivity contribution is 6.04. The quantitative estimate of drug-likeness (QED) is 0.569. The van der Waals surface area contributed by atoms with Gasteiger partial charge in [-0.3, -0.25) is 4.79 Å². The maximum Gasteiger partial charge on any atom is 0.175 e. The van der Waals surface area contributed by atoms with E-state index < -0.39 is 0 Å². The highest BCUT2D eigenvalue weighted by Crippen LogP contribution is 2.31. The van der Waals surface area contributed by atoms with Crippen molar-refractivity contribution in [3.05, 3.63) is 101 Å². The molecule has 0 atom stereocenters. The predicted molar refractivity (Wildman–Crippen MR) is 109 cm³/mol. The third-order valence-corrected chi connectivity index (χ3v) is 4.59. The molecule has 138 valence electrons. The first kappa shape index (κ1) is 18.9. The lowest BCUT2D eigenvalue weighted by Crippen LogP contribution is -2.19. The molecule has 0 saturated carbocycles. The van der Waals surface area contributed by atoms with Crippen LogP contribution in [0.25, 0.3) is 0 Å². The first-order valence-corrected chi connectivity index (χ1v) is 9.06. The number of benzene rings is 3. The molecule has 0 aliphatic rings. The third kappa shape index (κ3) is 4.44. The van der Waals surface area contributed by atoms with Gasteiger partial charge >= 0.3 is 0 Å². The number of rotatable bonds is 7. The standard InChI is InChI=1S/C24H25NO2/c1-25(2)17-20-16-21(27-3)14-15-22(20)24(26)23(18-10-6-4-7-11-18)19-12-8-5-9-13-19/h4-16,23H,17H2,1-3H3. The minimum absolute atomic E-state index is 0.104. The van der Waals surface area contributed by atoms with Gasteiger partial charge in [0.2, 0.25) is 0 Å². The minimum atomic E-state index is -0.332. The van der Waals surface area contributed by atoms with Gasteiger partial charge in [-0.05, 0) is 49.0 Å². The number of methoxy groups -OCH3 is 1. The van der Waals surface area contributed by atoms with Crippen LogP contribution in [0.3, 0.4) is 0 Å². The average Bonchev–Trinajstić information content (AvgIpc) is 2.69. The number of hydrogen-bond donors (Lipinski definition) is 0. The number of Topliss-reactive ketones (excluding diaryl/α,β-unsaturated/α-hetero) is 1. The van der Waals surface area contributed by atoms with Crippen LogP contribution < -0.4 is 4.74 Å². The molecule has 0 N–H and O–H groups in total. The van der Waals surface area contributed by atoms with Crippen molar-refractivity contribution in [1.29, 1.82) is 0 Å². The van der Waals surface area contributed by atoms with E-state index in [0.717, 1.165) is 28.0 Å². The van der Waals surface area contributed by atoms with Crippen molar-refractivity contribution in [2.45, 2.75) is 12.5 Å². The zero-order chi connectivity index (χ0) is 19.2. The molecular formula is C24H25NO2. The van der Waals surface area contributed by atoms with E-state index in [0.29, 0.717) is 6.54 Å². The summed E-state index contributed by atoms with van der Waals surface area (Å²) >= 11 is 0. The molecule has 27 heavy (non-hydrogen) atoms. The lowest BCUT2D eigenvalue weighted by atomic mass is 9.83. The Balaban J connectivity index is 2.10. The van der Waals surface area contributed by atoms with Gasteiger partial charge in [-0.1, -0.05) is 60.7 Å². The van der Waals surface area contributed by atoms with E-state index in [2.05, 4.69) is 4.90 Å². The van der Waals surface area contributed by atoms with Crippen LogP contribution in [0, 0.1) is 0 Å². The highest BCUT2D eigenvalue weighted by atomic mass is 16.5. The summed E-state index contributed by atoms with van der Waals surface area (Å²) in [6.45, 7) is 0.675. The molecule has 0 aromatic heterocycles. The number of hydrogen-bond acceptors (Lipinski definition) is 3. The summed E-state index contributed by atoms with van der Waals surface area (Å²) in [7, 11) is 5.65. The number of carbonyl (C=O) groups excluding carboxylic acids is 1. The van der Waals surface area contributed by atoms with Crippen molar-refractivity contribution in [3.63, 3.8) is 0 Å². The van der Waals surface area contributed by atoms with Crippen LogP contribution in [-0.4, -0.2) is 31.9 Å². The van der Waals surface area contributed by atoms with Gasteiger partial charge in [-0.2, -0.15) is 0 Å². The molecule has 0 aliphatic carbocycles. The average molecular weight is 359 g/mol. The van der Waals surface area contributed by atoms with Gasteiger partial charge in [-0.25, -0.2) is 0 Å². The molecule has 0 unspecified atom stereocenters. The highest BCUT2D eigenvalue weighted by Gasteiger charge is 2.26. The molecule has 0 radical (unpaired) electrons. The summed E-state index contributed by atoms with van der Waals surface area (Å²) in [5.41, 5.74) is 3.71. The topological polar surface area (TPSA) is 29.5 Å². The fourth-order valence-corrected chi connectivity index (χ4v) is 3.35. The van der Waals surface area contributed by atoms with Crippen LogP contribution in [0.15, 0.2) is 78.9 Å². The van der Waals surface area contributed by atoms with Crippen LogP contribution in [0.4, 0.5) is 0 Å². The number of carbonyl (C=O) groups is 1. The predicted octanol–water partition coefficient (Wildman–Crippen LogP) is 4.77. The van der Waals surface area contributed by atoms with Gasteiger partial charge in [0.15, 0.2) is 5.78 Å². The Labute approximate surface area is 161 Å². The third-order valence-electron chi connectivity index (χ3n) is 4.59. The molecule has 0 bridgehead atoms. The Morgan fingerprint density at radius 1 is 0.889 bits per heavy atom. The second-order valence-electron chi connectivity index (χ2n) is 6.88. The molecule has 0 spiro atoms. The van der Waals surface area contributed by atoms with E-state index >= 15 is 0 Å². The maximum absolute atomic E-state index is 13.7. The molecule has 0 fully saturated rings. The van der Waals surface area contributed by atoms with Gasteiger partial charge in [0.25, 0.3) is 0 Å². The van der Waals surface area contributed by atoms with Gasteiger partial charge < -0.3 is 9.64 Å². The zero-order valence-electron chi connectivity index (χ0n) is 16.1. The lowest BCUT2D eigenvalue weighted by molar-refractivity contribution is 0.0972. The van der Waals surface area contributed by atoms with Crippen molar-refractivity contribution in [2.24, 2.45) is 0 Å². The lowest BCUT2D eigenvalue weighted by Gasteiger charge is -2.20. The fourth-order valence-electron chi connectivity index (χ4n) is 3.35. The molecule has 0 amide bonds. The summed E-state index contributed by atoms with van der Waals surface area (Å²) in [5, 5.41) is 0. The normalized spacial score (nSPS) is 11.0. The molecule has 3 rings (SSSR count). The Kier molecular flexibility index (Phi) is 6.05. The van der Waals surface area contributed by atoms with E-state index in [4.69, 9.17) is 4.74 Å². The van der Waals surface area contributed by atoms with Gasteiger partial charge in [-0.15, -0.1) is 0 Å². The zero-order valence-corrected chi connectivity index (χ0v) is 16.1. The van der Waals surface area contributed by atoms with Crippen LogP contribution in [-0.2, 0) is 6.54 Å². The summed E-state index contributed by atoms with van der Waals surface area (Å²) in [4.78, 5) is 15.7. The van der Waals surface area contributed by atoms with Crippen molar-refractivity contribution in [1.82, 2.24) is 4.90 Å². The van der Waals surface area contributed by atoms with Crippen molar-refractivity contribution >= 4 is 5.78 Å². The first-order valence-electron chi connectivity index (χ1n) is 9.06. The van der Waals surface area contributed by atoms with Crippen LogP contribution in [0.5, 0.6) is 5.75 Å². The van der Waals surface area contributed by atoms with Crippen molar-refractivity contribution in [3.8, 4) is 5.75 Å². The largest absolute Gasteiger partial charge is 0.497 e. The van der Waals surface area contributed by atoms with E-state index in [1.807, 2.05) is 93.0 Å². The number of ether oxygens (including phenoxy) is 1. The van der Waals surface area contributed by atoms with Crippen LogP contribution >= 0.6 is 0 Å². The molecule has 3 nitrogen and oxygen atoms in total. The van der Waals surface area contributed by atoms with Gasteiger partial charge in [0.1, 0.15) is 5.75 Å². The fraction of sp³-hybridized carbons (Fsp3) is 0.208. The van der Waals surface area contributed by atoms with Crippen LogP contribution in [0.1, 0.15) is 33.0 Å². The van der Waals surface area contributed by atoms with Gasteiger partial charge in [0, 0.05) is 12.1 Å². The summed E-state index contributed by atoms with van der Waals surface area (Å²) in [5.74, 6) is 0.535. The van der Waals surface area contributed by atoms with E-state index in [1.165, 1.54) is 0 Å². The molecule has 0 saturated heterocycles. The number of ketones is 1. The Morgan fingerprint density at radius 3 is 1.93 bits per heavy atom. The second kappa shape index (κ2) is 8.65. The minimum Gasteiger partial charge on any atom is -0.497 e. The second-order valence-corrected chi connectivity index (χ2v) is 6.88. The molecule has 0 aliphatic heterocycles. The van der Waals surface area contributed by atoms with Crippen molar-refractivity contribution in [2.75, 3.05) is 21.2 Å². The molecule has 0 heterocycles. The smallest absolute Gasteiger partial charge is 0.175 e. The Hall–Kier alpha value is -2.91. The number of nitrogens with zero attached hydrogens (tertiary/aromatic N) is 1. The Bertz CT molecular complexity index is 849. The van der Waals surface area contributed by atoms with Gasteiger partial charge in [0.05, 0.1) is 13.0 Å². The molecule has 3 aromatic carbocycles. The summed E-state index contributed by atoms with van der Waals surface area (Å²) < 4.78 is 5.37. The van der Waals surface area contributed by atoms with E-state index in [-0.39, 0.29) is 11.7 Å². The van der Waals surface area contributed by atoms with Crippen molar-refractivity contribution < 1.29 is 9.53 Å². The molecule has 3 heteroatoms. The molecule has 3 aromatic rings. The maximum atomic E-state index is 13.7. The summed E-state index contributed by atoms with van der Waals surface area (Å²) in [6, 6.07) is 25.6. The first-order chi connectivity index (χ1) is 13.1. The summed E-state index contributed by atoms with van der Waals surface area (Å²) in [6.07, 6.45) is 0.